The third-order valence-corrected chi connectivity index (χ3v) is 3.85. The topological polar surface area (TPSA) is 50.2 Å². The van der Waals surface area contributed by atoms with Gasteiger partial charge in [0.25, 0.3) is 5.91 Å². The van der Waals surface area contributed by atoms with Crippen LogP contribution in [-0.4, -0.2) is 46.3 Å². The van der Waals surface area contributed by atoms with Crippen LogP contribution in [0.3, 0.4) is 0 Å². The lowest BCUT2D eigenvalue weighted by atomic mass is 10.1. The summed E-state index contributed by atoms with van der Waals surface area (Å²) in [5.41, 5.74) is 2.81. The minimum Gasteiger partial charge on any atom is -0.333 e. The number of hydrogen-bond acceptors (Lipinski definition) is 3. The second-order valence-corrected chi connectivity index (χ2v) is 5.56. The minimum absolute atomic E-state index is 0. The number of amides is 1. The van der Waals surface area contributed by atoms with Gasteiger partial charge in [-0.1, -0.05) is 0 Å². The molecule has 2 heterocycles. The van der Waals surface area contributed by atoms with Crippen LogP contribution < -0.4 is 5.32 Å². The van der Waals surface area contributed by atoms with E-state index in [1.54, 1.807) is 0 Å². The summed E-state index contributed by atoms with van der Waals surface area (Å²) in [5.74, 6) is 0.104. The third kappa shape index (κ3) is 3.31. The van der Waals surface area contributed by atoms with Crippen molar-refractivity contribution in [1.29, 1.82) is 0 Å². The van der Waals surface area contributed by atoms with E-state index in [9.17, 15) is 4.79 Å². The van der Waals surface area contributed by atoms with E-state index in [4.69, 9.17) is 0 Å². The van der Waals surface area contributed by atoms with Crippen molar-refractivity contribution in [2.45, 2.75) is 19.9 Å². The van der Waals surface area contributed by atoms with Crippen molar-refractivity contribution in [3.05, 3.63) is 47.8 Å². The summed E-state index contributed by atoms with van der Waals surface area (Å²) >= 11 is 0. The summed E-state index contributed by atoms with van der Waals surface area (Å²) in [6.45, 7) is 6.56. The Morgan fingerprint density at radius 3 is 2.64 bits per heavy atom. The van der Waals surface area contributed by atoms with Gasteiger partial charge >= 0.3 is 0 Å². The molecule has 1 aliphatic rings. The number of nitrogens with zero attached hydrogens (tertiary/aromatic N) is 3. The van der Waals surface area contributed by atoms with Gasteiger partial charge in [0.1, 0.15) is 0 Å². The molecule has 3 rings (SSSR count). The first kappa shape index (κ1) is 16.5. The van der Waals surface area contributed by atoms with E-state index in [0.29, 0.717) is 0 Å². The Kier molecular flexibility index (Phi) is 5.21. The van der Waals surface area contributed by atoms with Crippen molar-refractivity contribution in [3.63, 3.8) is 0 Å². The summed E-state index contributed by atoms with van der Waals surface area (Å²) in [5, 5.41) is 7.57. The highest BCUT2D eigenvalue weighted by molar-refractivity contribution is 5.94. The van der Waals surface area contributed by atoms with E-state index < -0.39 is 0 Å². The number of aromatic nitrogens is 2. The molecule has 1 atom stereocenters. The standard InChI is InChI=1S/C16H20N4O.ClH/c1-12-9-18-20(11-12)15-5-3-14(4-6-15)16(21)19-8-7-17-10-13(19)2;/h3-6,9,11,13,17H,7-8,10H2,1-2H3;1H/t13-;/m1./s1. The number of piperazine rings is 1. The number of nitrogens with one attached hydrogen (secondary N) is 1. The van der Waals surface area contributed by atoms with Gasteiger partial charge < -0.3 is 10.2 Å². The summed E-state index contributed by atoms with van der Waals surface area (Å²) in [6, 6.07) is 7.87. The number of carbonyl (C=O) groups excluding carboxylic acids is 1. The average molecular weight is 321 g/mol. The first-order chi connectivity index (χ1) is 10.1. The van der Waals surface area contributed by atoms with Crippen LogP contribution >= 0.6 is 12.4 Å². The first-order valence-corrected chi connectivity index (χ1v) is 7.28. The Balaban J connectivity index is 0.00000176. The van der Waals surface area contributed by atoms with Crippen LogP contribution in [0.25, 0.3) is 5.69 Å². The number of hydrogen-bond donors (Lipinski definition) is 1. The Hall–Kier alpha value is -1.85. The normalized spacial score (nSPS) is 17.9. The fraction of sp³-hybridized carbons (Fsp3) is 0.375. The zero-order valence-corrected chi connectivity index (χ0v) is 13.6. The van der Waals surface area contributed by atoms with E-state index in [0.717, 1.165) is 36.4 Å². The van der Waals surface area contributed by atoms with E-state index in [1.165, 1.54) is 0 Å². The number of halogens is 1. The first-order valence-electron chi connectivity index (χ1n) is 7.28. The predicted molar refractivity (Wildman–Crippen MR) is 88.9 cm³/mol. The third-order valence-electron chi connectivity index (χ3n) is 3.85. The quantitative estimate of drug-likeness (QED) is 0.921. The van der Waals surface area contributed by atoms with Gasteiger partial charge in [-0.25, -0.2) is 4.68 Å². The van der Waals surface area contributed by atoms with Crippen LogP contribution in [0.1, 0.15) is 22.8 Å². The Morgan fingerprint density at radius 1 is 1.32 bits per heavy atom. The molecule has 22 heavy (non-hydrogen) atoms. The molecule has 5 nitrogen and oxygen atoms in total. The zero-order valence-electron chi connectivity index (χ0n) is 12.8. The maximum absolute atomic E-state index is 12.5. The number of carbonyl (C=O) groups is 1. The average Bonchev–Trinajstić information content (AvgIpc) is 2.94. The maximum atomic E-state index is 12.5. The molecule has 0 spiro atoms. The maximum Gasteiger partial charge on any atom is 0.254 e. The molecule has 1 N–H and O–H groups in total. The SMILES string of the molecule is Cc1cnn(-c2ccc(C(=O)N3CCNC[C@H]3C)cc2)c1.Cl. The van der Waals surface area contributed by atoms with E-state index >= 15 is 0 Å². The van der Waals surface area contributed by atoms with Gasteiger partial charge in [-0.05, 0) is 43.7 Å². The molecule has 2 aromatic rings. The van der Waals surface area contributed by atoms with Gasteiger partial charge in [0.15, 0.2) is 0 Å². The Bertz CT molecular complexity index is 638. The smallest absolute Gasteiger partial charge is 0.254 e. The highest BCUT2D eigenvalue weighted by Gasteiger charge is 2.23. The molecule has 6 heteroatoms. The van der Waals surface area contributed by atoms with E-state index in [-0.39, 0.29) is 24.4 Å². The largest absolute Gasteiger partial charge is 0.333 e. The molecule has 0 radical (unpaired) electrons. The molecule has 1 aromatic heterocycles. The van der Waals surface area contributed by atoms with Crippen LogP contribution in [-0.2, 0) is 0 Å². The van der Waals surface area contributed by atoms with Gasteiger partial charge in [0.05, 0.1) is 11.9 Å². The lowest BCUT2D eigenvalue weighted by molar-refractivity contribution is 0.0656. The van der Waals surface area contributed by atoms with Crippen molar-refractivity contribution in [2.24, 2.45) is 0 Å². The Morgan fingerprint density at radius 2 is 2.05 bits per heavy atom. The van der Waals surface area contributed by atoms with Crippen LogP contribution in [0, 0.1) is 6.92 Å². The number of rotatable bonds is 2. The number of benzene rings is 1. The molecule has 1 fully saturated rings. The van der Waals surface area contributed by atoms with Crippen LogP contribution in [0.4, 0.5) is 0 Å². The molecule has 1 amide bonds. The second kappa shape index (κ2) is 6.94. The Labute approximate surface area is 136 Å². The van der Waals surface area contributed by atoms with Crippen LogP contribution in [0.15, 0.2) is 36.7 Å². The molecular weight excluding hydrogens is 300 g/mol. The summed E-state index contributed by atoms with van der Waals surface area (Å²) < 4.78 is 1.82. The lowest BCUT2D eigenvalue weighted by Gasteiger charge is -2.34. The monoisotopic (exact) mass is 320 g/mol. The summed E-state index contributed by atoms with van der Waals surface area (Å²) in [7, 11) is 0. The van der Waals surface area contributed by atoms with Gasteiger partial charge in [0, 0.05) is 37.4 Å². The van der Waals surface area contributed by atoms with Crippen molar-refractivity contribution < 1.29 is 4.79 Å². The fourth-order valence-electron chi connectivity index (χ4n) is 2.62. The molecule has 0 aliphatic carbocycles. The van der Waals surface area contributed by atoms with Crippen molar-refractivity contribution >= 4 is 18.3 Å². The molecule has 118 valence electrons. The molecule has 1 aliphatic heterocycles. The van der Waals surface area contributed by atoms with E-state index in [2.05, 4.69) is 17.3 Å². The van der Waals surface area contributed by atoms with Crippen molar-refractivity contribution in [1.82, 2.24) is 20.0 Å². The molecule has 0 unspecified atom stereocenters. The summed E-state index contributed by atoms with van der Waals surface area (Å²) in [4.78, 5) is 14.5. The van der Waals surface area contributed by atoms with Crippen molar-refractivity contribution in [2.75, 3.05) is 19.6 Å². The zero-order chi connectivity index (χ0) is 14.8. The van der Waals surface area contributed by atoms with Gasteiger partial charge in [0.2, 0.25) is 0 Å². The molecule has 1 saturated heterocycles. The van der Waals surface area contributed by atoms with Gasteiger partial charge in [-0.3, -0.25) is 4.79 Å². The molecule has 1 aromatic carbocycles. The second-order valence-electron chi connectivity index (χ2n) is 5.56. The highest BCUT2D eigenvalue weighted by Crippen LogP contribution is 2.14. The molecule has 0 saturated carbocycles. The fourth-order valence-corrected chi connectivity index (χ4v) is 2.62. The minimum atomic E-state index is 0. The molecule has 0 bridgehead atoms. The molecular formula is C16H21ClN4O. The number of aryl methyl sites for hydroxylation is 1. The van der Waals surface area contributed by atoms with Crippen LogP contribution in [0.2, 0.25) is 0 Å². The predicted octanol–water partition coefficient (Wildman–Crippen LogP) is 2.04. The van der Waals surface area contributed by atoms with Crippen molar-refractivity contribution in [3.8, 4) is 5.69 Å². The van der Waals surface area contributed by atoms with Gasteiger partial charge in [-0.15, -0.1) is 12.4 Å². The highest BCUT2D eigenvalue weighted by atomic mass is 35.5. The van der Waals surface area contributed by atoms with Gasteiger partial charge in [-0.2, -0.15) is 5.10 Å². The van der Waals surface area contributed by atoms with E-state index in [1.807, 2.05) is 53.2 Å². The summed E-state index contributed by atoms with van der Waals surface area (Å²) in [6.07, 6.45) is 3.79. The van der Waals surface area contributed by atoms with Crippen LogP contribution in [0.5, 0.6) is 0 Å². The lowest BCUT2D eigenvalue weighted by Crippen LogP contribution is -2.52.